The van der Waals surface area contributed by atoms with Crippen molar-refractivity contribution < 1.29 is 19.1 Å². The number of nitrogens with one attached hydrogen (secondary N) is 1. The Morgan fingerprint density at radius 1 is 1.17 bits per heavy atom. The van der Waals surface area contributed by atoms with E-state index in [0.717, 1.165) is 36.1 Å². The number of anilines is 1. The van der Waals surface area contributed by atoms with E-state index in [2.05, 4.69) is 11.4 Å². The number of hydrogen-bond donors (Lipinski definition) is 1. The van der Waals surface area contributed by atoms with E-state index in [4.69, 9.17) is 14.7 Å². The number of aryl methyl sites for hydroxylation is 1. The molecule has 1 aliphatic carbocycles. The summed E-state index contributed by atoms with van der Waals surface area (Å²) in [6, 6.07) is 10.5. The Morgan fingerprint density at radius 3 is 2.59 bits per heavy atom. The molecule has 0 spiro atoms. The van der Waals surface area contributed by atoms with Crippen LogP contribution in [0.2, 0.25) is 0 Å². The summed E-state index contributed by atoms with van der Waals surface area (Å²) in [6.07, 6.45) is 2.98. The Labute approximate surface area is 172 Å². The second-order valence-corrected chi connectivity index (χ2v) is 7.68. The lowest BCUT2D eigenvalue weighted by Crippen LogP contribution is -2.29. The molecule has 0 fully saturated rings. The molecule has 0 saturated heterocycles. The predicted octanol–water partition coefficient (Wildman–Crippen LogP) is 3.32. The minimum absolute atomic E-state index is 0.417. The van der Waals surface area contributed by atoms with Crippen LogP contribution >= 0.6 is 11.3 Å². The fourth-order valence-electron chi connectivity index (χ4n) is 3.05. The minimum Gasteiger partial charge on any atom is -0.479 e. The summed E-state index contributed by atoms with van der Waals surface area (Å²) < 4.78 is 10.5. The fraction of sp³-hybridized carbons (Fsp3) is 0.333. The third-order valence-electron chi connectivity index (χ3n) is 4.51. The topological polar surface area (TPSA) is 112 Å². The third kappa shape index (κ3) is 4.92. The highest BCUT2D eigenvalue weighted by Crippen LogP contribution is 2.37. The number of carbonyl (C=O) groups excluding carboxylic acids is 2. The highest BCUT2D eigenvalue weighted by molar-refractivity contribution is 7.16. The molecule has 1 N–H and O–H groups in total. The molecule has 1 atom stereocenters. The number of benzene rings is 1. The number of hydrogen-bond acceptors (Lipinski definition) is 7. The Bertz CT molecular complexity index is 999. The molecular weight excluding hydrogens is 390 g/mol. The van der Waals surface area contributed by atoms with Crippen LogP contribution in [0.4, 0.5) is 5.00 Å². The van der Waals surface area contributed by atoms with Gasteiger partial charge in [-0.3, -0.25) is 4.79 Å². The van der Waals surface area contributed by atoms with E-state index in [0.29, 0.717) is 21.9 Å². The van der Waals surface area contributed by atoms with Gasteiger partial charge in [-0.05, 0) is 62.4 Å². The van der Waals surface area contributed by atoms with Gasteiger partial charge in [-0.15, -0.1) is 11.3 Å². The zero-order valence-electron chi connectivity index (χ0n) is 15.9. The quantitative estimate of drug-likeness (QED) is 0.733. The van der Waals surface area contributed by atoms with Gasteiger partial charge in [0.1, 0.15) is 16.8 Å². The molecule has 3 rings (SSSR count). The van der Waals surface area contributed by atoms with Crippen molar-refractivity contribution in [3.63, 3.8) is 0 Å². The van der Waals surface area contributed by atoms with Gasteiger partial charge in [-0.2, -0.15) is 10.5 Å². The van der Waals surface area contributed by atoms with Crippen LogP contribution in [0, 0.1) is 22.7 Å². The second kappa shape index (κ2) is 9.22. The van der Waals surface area contributed by atoms with Crippen molar-refractivity contribution in [2.24, 2.45) is 0 Å². The van der Waals surface area contributed by atoms with Gasteiger partial charge >= 0.3 is 5.97 Å². The van der Waals surface area contributed by atoms with E-state index < -0.39 is 24.6 Å². The number of rotatable bonds is 6. The summed E-state index contributed by atoms with van der Waals surface area (Å²) in [7, 11) is 0. The Balaban J connectivity index is 1.52. The van der Waals surface area contributed by atoms with Crippen LogP contribution in [0.1, 0.15) is 41.3 Å². The van der Waals surface area contributed by atoms with E-state index in [1.54, 1.807) is 24.3 Å². The van der Waals surface area contributed by atoms with Crippen LogP contribution in [0.15, 0.2) is 24.3 Å². The number of carbonyl (C=O) groups is 2. The fourth-order valence-corrected chi connectivity index (χ4v) is 4.31. The minimum atomic E-state index is -0.917. The number of thiophene rings is 1. The average molecular weight is 409 g/mol. The Kier molecular flexibility index (Phi) is 6.48. The van der Waals surface area contributed by atoms with Crippen molar-refractivity contribution in [3.8, 4) is 17.9 Å². The van der Waals surface area contributed by atoms with E-state index in [-0.39, 0.29) is 0 Å². The molecular formula is C21H19N3O4S. The zero-order chi connectivity index (χ0) is 20.8. The number of nitrogens with zero attached hydrogens (tertiary/aromatic N) is 2. The Morgan fingerprint density at radius 2 is 1.90 bits per heavy atom. The summed E-state index contributed by atoms with van der Waals surface area (Å²) in [5, 5.41) is 21.4. The third-order valence-corrected chi connectivity index (χ3v) is 5.72. The number of ether oxygens (including phenoxy) is 2. The molecule has 148 valence electrons. The van der Waals surface area contributed by atoms with E-state index in [1.165, 1.54) is 18.3 Å². The van der Waals surface area contributed by atoms with Crippen molar-refractivity contribution in [1.29, 1.82) is 10.5 Å². The van der Waals surface area contributed by atoms with Crippen molar-refractivity contribution in [2.45, 2.75) is 38.7 Å². The van der Waals surface area contributed by atoms with Crippen molar-refractivity contribution in [2.75, 3.05) is 11.9 Å². The lowest BCUT2D eigenvalue weighted by atomic mass is 9.96. The number of amides is 1. The number of fused-ring (bicyclic) bond motifs is 1. The van der Waals surface area contributed by atoms with Crippen molar-refractivity contribution >= 4 is 28.2 Å². The van der Waals surface area contributed by atoms with E-state index in [1.807, 2.05) is 6.07 Å². The molecule has 2 aromatic rings. The van der Waals surface area contributed by atoms with Crippen LogP contribution in [0.25, 0.3) is 0 Å². The highest BCUT2D eigenvalue weighted by atomic mass is 32.1. The second-order valence-electron chi connectivity index (χ2n) is 6.58. The van der Waals surface area contributed by atoms with Crippen molar-refractivity contribution in [1.82, 2.24) is 0 Å². The summed E-state index contributed by atoms with van der Waals surface area (Å²) >= 11 is 1.42. The van der Waals surface area contributed by atoms with Crippen LogP contribution in [-0.4, -0.2) is 24.6 Å². The van der Waals surface area contributed by atoms with Gasteiger partial charge in [-0.1, -0.05) is 0 Å². The molecule has 0 saturated carbocycles. The largest absolute Gasteiger partial charge is 0.479 e. The molecule has 0 unspecified atom stereocenters. The summed E-state index contributed by atoms with van der Waals surface area (Å²) in [4.78, 5) is 25.4. The van der Waals surface area contributed by atoms with Gasteiger partial charge < -0.3 is 14.8 Å². The average Bonchev–Trinajstić information content (AvgIpc) is 3.09. The van der Waals surface area contributed by atoms with Gasteiger partial charge in [0.2, 0.25) is 0 Å². The maximum atomic E-state index is 12.2. The SMILES string of the molecule is C[C@H](Oc1ccc(C#N)cc1)C(=O)OCC(=O)Nc1sc2c(c1C#N)CCCC2. The van der Waals surface area contributed by atoms with Crippen LogP contribution in [-0.2, 0) is 27.2 Å². The van der Waals surface area contributed by atoms with Crippen LogP contribution < -0.4 is 10.1 Å². The molecule has 0 aliphatic heterocycles. The van der Waals surface area contributed by atoms with E-state index >= 15 is 0 Å². The summed E-state index contributed by atoms with van der Waals surface area (Å²) in [5.74, 6) is -0.768. The maximum absolute atomic E-state index is 12.2. The molecule has 8 heteroatoms. The van der Waals surface area contributed by atoms with Gasteiger partial charge in [0.15, 0.2) is 12.7 Å². The first-order valence-electron chi connectivity index (χ1n) is 9.19. The van der Waals surface area contributed by atoms with Gasteiger partial charge in [0.05, 0.1) is 17.2 Å². The van der Waals surface area contributed by atoms with Crippen molar-refractivity contribution in [3.05, 3.63) is 45.8 Å². The molecule has 1 amide bonds. The normalized spacial score (nSPS) is 13.3. The molecule has 7 nitrogen and oxygen atoms in total. The molecule has 0 radical (unpaired) electrons. The first-order chi connectivity index (χ1) is 14.0. The molecule has 29 heavy (non-hydrogen) atoms. The van der Waals surface area contributed by atoms with Crippen LogP contribution in [0.5, 0.6) is 5.75 Å². The van der Waals surface area contributed by atoms with Crippen LogP contribution in [0.3, 0.4) is 0 Å². The lowest BCUT2D eigenvalue weighted by molar-refractivity contribution is -0.153. The predicted molar refractivity (Wildman–Crippen MR) is 107 cm³/mol. The van der Waals surface area contributed by atoms with Gasteiger partial charge in [0.25, 0.3) is 5.91 Å². The monoisotopic (exact) mass is 409 g/mol. The number of esters is 1. The Hall–Kier alpha value is -3.36. The smallest absolute Gasteiger partial charge is 0.347 e. The van der Waals surface area contributed by atoms with E-state index in [9.17, 15) is 14.9 Å². The summed E-state index contributed by atoms with van der Waals surface area (Å²) in [6.45, 7) is 1.05. The molecule has 0 bridgehead atoms. The van der Waals surface area contributed by atoms with Gasteiger partial charge in [-0.25, -0.2) is 4.79 Å². The first-order valence-corrected chi connectivity index (χ1v) is 10.0. The van der Waals surface area contributed by atoms with Gasteiger partial charge in [0, 0.05) is 4.88 Å². The lowest BCUT2D eigenvalue weighted by Gasteiger charge is -2.14. The molecule has 1 heterocycles. The molecule has 1 aromatic carbocycles. The maximum Gasteiger partial charge on any atom is 0.347 e. The number of nitriles is 2. The standard InChI is InChI=1S/C21H19N3O4S/c1-13(28-15-8-6-14(10-22)7-9-15)21(26)27-12-19(25)24-20-17(11-23)16-4-2-3-5-18(16)29-20/h6-9,13H,2-5,12H2,1H3,(H,24,25)/t13-/m0/s1. The molecule has 1 aromatic heterocycles. The zero-order valence-corrected chi connectivity index (χ0v) is 16.7. The molecule has 1 aliphatic rings. The first kappa shape index (κ1) is 20.4. The highest BCUT2D eigenvalue weighted by Gasteiger charge is 2.23. The summed E-state index contributed by atoms with van der Waals surface area (Å²) in [5.41, 5.74) is 2.03.